The quantitative estimate of drug-likeness (QED) is 0.911. The van der Waals surface area contributed by atoms with Crippen LogP contribution in [0.4, 0.5) is 16.2 Å². The van der Waals surface area contributed by atoms with Gasteiger partial charge in [-0.15, -0.1) is 0 Å². The number of rotatable bonds is 4. The van der Waals surface area contributed by atoms with E-state index >= 15 is 0 Å². The number of ether oxygens (including phenoxy) is 1. The van der Waals surface area contributed by atoms with Gasteiger partial charge >= 0.3 is 6.03 Å². The van der Waals surface area contributed by atoms with Crippen LogP contribution in [0.5, 0.6) is 5.75 Å². The molecule has 3 rings (SSSR count). The largest absolute Gasteiger partial charge is 0.495 e. The van der Waals surface area contributed by atoms with Gasteiger partial charge in [0.25, 0.3) is 5.91 Å². The molecule has 0 saturated carbocycles. The Bertz CT molecular complexity index is 728. The lowest BCUT2D eigenvalue weighted by molar-refractivity contribution is 0.102. The Morgan fingerprint density at radius 2 is 1.91 bits per heavy atom. The molecule has 0 aliphatic carbocycles. The molecule has 2 N–H and O–H groups in total. The lowest BCUT2D eigenvalue weighted by Gasteiger charge is -2.14. The van der Waals surface area contributed by atoms with Crippen LogP contribution in [0.25, 0.3) is 0 Å². The molecule has 1 aliphatic heterocycles. The van der Waals surface area contributed by atoms with Crippen molar-refractivity contribution in [3.63, 3.8) is 0 Å². The fraction of sp³-hybridized carbons (Fsp3) is 0.176. The maximum Gasteiger partial charge on any atom is 0.321 e. The molecular weight excluding hydrogens is 294 g/mol. The second-order valence-electron chi connectivity index (χ2n) is 5.08. The van der Waals surface area contributed by atoms with Crippen molar-refractivity contribution in [1.29, 1.82) is 0 Å². The minimum atomic E-state index is -0.230. The van der Waals surface area contributed by atoms with Crippen LogP contribution < -0.4 is 20.3 Å². The molecule has 1 saturated heterocycles. The van der Waals surface area contributed by atoms with Crippen molar-refractivity contribution in [3.8, 4) is 5.75 Å². The summed E-state index contributed by atoms with van der Waals surface area (Å²) in [5.41, 5.74) is 1.90. The van der Waals surface area contributed by atoms with Gasteiger partial charge in [-0.2, -0.15) is 0 Å². The molecule has 0 aromatic heterocycles. The summed E-state index contributed by atoms with van der Waals surface area (Å²) in [5, 5.41) is 5.56. The van der Waals surface area contributed by atoms with Crippen LogP contribution in [-0.4, -0.2) is 32.1 Å². The van der Waals surface area contributed by atoms with Crippen LogP contribution in [0.15, 0.2) is 48.5 Å². The monoisotopic (exact) mass is 311 g/mol. The summed E-state index contributed by atoms with van der Waals surface area (Å²) in [5.74, 6) is 0.373. The zero-order valence-corrected chi connectivity index (χ0v) is 12.7. The van der Waals surface area contributed by atoms with Gasteiger partial charge in [0.05, 0.1) is 12.8 Å². The van der Waals surface area contributed by atoms with Crippen molar-refractivity contribution in [1.82, 2.24) is 5.32 Å². The first-order valence-electron chi connectivity index (χ1n) is 7.29. The molecular formula is C17H17N3O3. The summed E-state index contributed by atoms with van der Waals surface area (Å²) < 4.78 is 5.21. The summed E-state index contributed by atoms with van der Waals surface area (Å²) in [4.78, 5) is 25.6. The van der Waals surface area contributed by atoms with Crippen LogP contribution in [0.1, 0.15) is 10.4 Å². The molecule has 0 atom stereocenters. The topological polar surface area (TPSA) is 70.7 Å². The Kier molecular flexibility index (Phi) is 4.14. The highest BCUT2D eigenvalue weighted by Gasteiger charge is 2.21. The molecule has 0 radical (unpaired) electrons. The maximum atomic E-state index is 12.3. The number of para-hydroxylation sites is 2. The molecule has 3 amide bonds. The number of carbonyl (C=O) groups excluding carboxylic acids is 2. The number of anilines is 2. The predicted molar refractivity (Wildman–Crippen MR) is 88.1 cm³/mol. The average Bonchev–Trinajstić information content (AvgIpc) is 3.01. The summed E-state index contributed by atoms with van der Waals surface area (Å²) >= 11 is 0. The van der Waals surface area contributed by atoms with Crippen LogP contribution in [-0.2, 0) is 0 Å². The predicted octanol–water partition coefficient (Wildman–Crippen LogP) is 2.48. The van der Waals surface area contributed by atoms with E-state index in [0.717, 1.165) is 5.69 Å². The highest BCUT2D eigenvalue weighted by molar-refractivity contribution is 6.05. The SMILES string of the molecule is COc1ccccc1NC(=O)c1ccc(N2CCNC2=O)cc1. The third kappa shape index (κ3) is 3.11. The molecule has 1 heterocycles. The fourth-order valence-corrected chi connectivity index (χ4v) is 2.45. The van der Waals surface area contributed by atoms with Crippen molar-refractivity contribution < 1.29 is 14.3 Å². The highest BCUT2D eigenvalue weighted by atomic mass is 16.5. The Morgan fingerprint density at radius 3 is 2.57 bits per heavy atom. The zero-order chi connectivity index (χ0) is 16.2. The van der Waals surface area contributed by atoms with Gasteiger partial charge in [0, 0.05) is 24.3 Å². The van der Waals surface area contributed by atoms with Crippen molar-refractivity contribution in [2.24, 2.45) is 0 Å². The van der Waals surface area contributed by atoms with E-state index < -0.39 is 0 Å². The Balaban J connectivity index is 1.74. The number of nitrogens with one attached hydrogen (secondary N) is 2. The minimum Gasteiger partial charge on any atom is -0.495 e. The minimum absolute atomic E-state index is 0.115. The third-order valence-corrected chi connectivity index (χ3v) is 3.65. The molecule has 0 spiro atoms. The molecule has 2 aromatic rings. The average molecular weight is 311 g/mol. The van der Waals surface area contributed by atoms with Crippen LogP contribution in [0.3, 0.4) is 0 Å². The second-order valence-corrected chi connectivity index (χ2v) is 5.08. The normalized spacial score (nSPS) is 13.6. The van der Waals surface area contributed by atoms with Crippen molar-refractivity contribution in [3.05, 3.63) is 54.1 Å². The summed E-state index contributed by atoms with van der Waals surface area (Å²) in [7, 11) is 1.56. The van der Waals surface area contributed by atoms with E-state index in [4.69, 9.17) is 4.74 Å². The van der Waals surface area contributed by atoms with E-state index in [1.54, 1.807) is 48.4 Å². The lowest BCUT2D eigenvalue weighted by Crippen LogP contribution is -2.27. The highest BCUT2D eigenvalue weighted by Crippen LogP contribution is 2.24. The van der Waals surface area contributed by atoms with Crippen molar-refractivity contribution >= 4 is 23.3 Å². The molecule has 1 aliphatic rings. The van der Waals surface area contributed by atoms with Gasteiger partial charge in [0.1, 0.15) is 5.75 Å². The third-order valence-electron chi connectivity index (χ3n) is 3.65. The van der Waals surface area contributed by atoms with Gasteiger partial charge < -0.3 is 15.4 Å². The first-order chi connectivity index (χ1) is 11.2. The first kappa shape index (κ1) is 14.9. The molecule has 2 aromatic carbocycles. The lowest BCUT2D eigenvalue weighted by atomic mass is 10.1. The van der Waals surface area contributed by atoms with E-state index in [2.05, 4.69) is 10.6 Å². The molecule has 6 nitrogen and oxygen atoms in total. The standard InChI is InChI=1S/C17H17N3O3/c1-23-15-5-3-2-4-14(15)19-16(21)12-6-8-13(9-7-12)20-11-10-18-17(20)22/h2-9H,10-11H2,1H3,(H,18,22)(H,19,21). The van der Waals surface area contributed by atoms with E-state index in [0.29, 0.717) is 30.1 Å². The number of urea groups is 1. The van der Waals surface area contributed by atoms with E-state index in [1.807, 2.05) is 12.1 Å². The van der Waals surface area contributed by atoms with Crippen molar-refractivity contribution in [2.45, 2.75) is 0 Å². The number of amides is 3. The number of nitrogens with zero attached hydrogens (tertiary/aromatic N) is 1. The van der Waals surface area contributed by atoms with E-state index in [-0.39, 0.29) is 11.9 Å². The maximum absolute atomic E-state index is 12.3. The van der Waals surface area contributed by atoms with Gasteiger partial charge in [0.2, 0.25) is 0 Å². The van der Waals surface area contributed by atoms with Crippen LogP contribution in [0.2, 0.25) is 0 Å². The molecule has 0 unspecified atom stereocenters. The van der Waals surface area contributed by atoms with Gasteiger partial charge in [0.15, 0.2) is 0 Å². The summed E-state index contributed by atoms with van der Waals surface area (Å²) in [6.07, 6.45) is 0. The number of hydrogen-bond donors (Lipinski definition) is 2. The summed E-state index contributed by atoms with van der Waals surface area (Å²) in [6, 6.07) is 14.0. The zero-order valence-electron chi connectivity index (χ0n) is 12.7. The van der Waals surface area contributed by atoms with E-state index in [9.17, 15) is 9.59 Å². The fourth-order valence-electron chi connectivity index (χ4n) is 2.45. The Labute approximate surface area is 134 Å². The van der Waals surface area contributed by atoms with Gasteiger partial charge in [-0.25, -0.2) is 4.79 Å². The van der Waals surface area contributed by atoms with Crippen LogP contribution >= 0.6 is 0 Å². The molecule has 6 heteroatoms. The number of methoxy groups -OCH3 is 1. The Morgan fingerprint density at radius 1 is 1.17 bits per heavy atom. The molecule has 1 fully saturated rings. The van der Waals surface area contributed by atoms with Gasteiger partial charge in [-0.3, -0.25) is 9.69 Å². The Hall–Kier alpha value is -3.02. The molecule has 0 bridgehead atoms. The van der Waals surface area contributed by atoms with Crippen LogP contribution in [0, 0.1) is 0 Å². The molecule has 23 heavy (non-hydrogen) atoms. The van der Waals surface area contributed by atoms with E-state index in [1.165, 1.54) is 0 Å². The number of benzene rings is 2. The van der Waals surface area contributed by atoms with Crippen molar-refractivity contribution in [2.75, 3.05) is 30.4 Å². The second kappa shape index (κ2) is 6.39. The first-order valence-corrected chi connectivity index (χ1v) is 7.29. The van der Waals surface area contributed by atoms with Gasteiger partial charge in [-0.1, -0.05) is 12.1 Å². The summed E-state index contributed by atoms with van der Waals surface area (Å²) in [6.45, 7) is 1.26. The van der Waals surface area contributed by atoms with Gasteiger partial charge in [-0.05, 0) is 36.4 Å². The number of hydrogen-bond acceptors (Lipinski definition) is 3. The smallest absolute Gasteiger partial charge is 0.321 e. The molecule has 118 valence electrons. The number of carbonyl (C=O) groups is 2.